The minimum absolute atomic E-state index is 0.0570. The fourth-order valence-corrected chi connectivity index (χ4v) is 8.87. The number of carbonyl (C=O) groups excluding carboxylic acids is 1. The maximum atomic E-state index is 12.8. The van der Waals surface area contributed by atoms with Crippen molar-refractivity contribution >= 4 is 5.97 Å². The number of hydrogen-bond donors (Lipinski definition) is 0. The van der Waals surface area contributed by atoms with Crippen LogP contribution < -0.4 is 0 Å². The molecule has 1 aromatic carbocycles. The Morgan fingerprint density at radius 3 is 2.41 bits per heavy atom. The molecule has 32 heavy (non-hydrogen) atoms. The van der Waals surface area contributed by atoms with Crippen molar-refractivity contribution in [1.29, 1.82) is 0 Å². The average molecular weight is 439 g/mol. The van der Waals surface area contributed by atoms with Gasteiger partial charge >= 0.3 is 5.97 Å². The van der Waals surface area contributed by atoms with Gasteiger partial charge in [-0.25, -0.2) is 4.79 Å². The molecule has 174 valence electrons. The fourth-order valence-electron chi connectivity index (χ4n) is 8.87. The third-order valence-electron chi connectivity index (χ3n) is 10.7. The Kier molecular flexibility index (Phi) is 5.00. The van der Waals surface area contributed by atoms with E-state index in [9.17, 15) is 4.79 Å². The van der Waals surface area contributed by atoms with Gasteiger partial charge in [0.1, 0.15) is 6.10 Å². The molecule has 6 rings (SSSR count). The van der Waals surface area contributed by atoms with Crippen molar-refractivity contribution in [2.24, 2.45) is 34.5 Å². The molecule has 4 saturated carbocycles. The molecule has 1 spiro atoms. The molecule has 5 fully saturated rings. The number of carbonyl (C=O) groups is 1. The summed E-state index contributed by atoms with van der Waals surface area (Å²) >= 11 is 0. The first kappa shape index (κ1) is 21.2. The van der Waals surface area contributed by atoms with Gasteiger partial charge in [-0.1, -0.05) is 32.0 Å². The number of rotatable bonds is 2. The molecule has 4 nitrogen and oxygen atoms in total. The summed E-state index contributed by atoms with van der Waals surface area (Å²) in [6, 6.07) is 9.50. The molecule has 4 heteroatoms. The lowest BCUT2D eigenvalue weighted by Gasteiger charge is -2.61. The van der Waals surface area contributed by atoms with Crippen LogP contribution in [-0.4, -0.2) is 31.1 Å². The Labute approximate surface area is 192 Å². The number of hydrogen-bond acceptors (Lipinski definition) is 4. The van der Waals surface area contributed by atoms with E-state index in [4.69, 9.17) is 14.2 Å². The van der Waals surface area contributed by atoms with Gasteiger partial charge in [0.2, 0.25) is 0 Å². The van der Waals surface area contributed by atoms with Gasteiger partial charge in [0.05, 0.1) is 18.8 Å². The van der Waals surface area contributed by atoms with Crippen LogP contribution >= 0.6 is 0 Å². The van der Waals surface area contributed by atoms with Crippen LogP contribution in [0.4, 0.5) is 0 Å². The van der Waals surface area contributed by atoms with E-state index in [1.54, 1.807) is 0 Å². The molecule has 0 radical (unpaired) electrons. The Morgan fingerprint density at radius 2 is 1.62 bits per heavy atom. The summed E-state index contributed by atoms with van der Waals surface area (Å²) in [5.41, 5.74) is 1.21. The largest absolute Gasteiger partial charge is 0.458 e. The minimum atomic E-state index is -0.274. The van der Waals surface area contributed by atoms with Gasteiger partial charge in [-0.2, -0.15) is 0 Å². The molecular formula is C28H38O4. The molecule has 0 bridgehead atoms. The van der Waals surface area contributed by atoms with E-state index in [2.05, 4.69) is 13.8 Å². The van der Waals surface area contributed by atoms with Crippen LogP contribution in [-0.2, 0) is 14.2 Å². The van der Waals surface area contributed by atoms with Crippen LogP contribution in [0.2, 0.25) is 0 Å². The van der Waals surface area contributed by atoms with Crippen molar-refractivity contribution in [3.63, 3.8) is 0 Å². The molecule has 0 aromatic heterocycles. The minimum Gasteiger partial charge on any atom is -0.458 e. The maximum absolute atomic E-state index is 12.8. The zero-order valence-electron chi connectivity index (χ0n) is 19.7. The Bertz CT molecular complexity index is 861. The number of fused-ring (bicyclic) bond motifs is 5. The van der Waals surface area contributed by atoms with Crippen molar-refractivity contribution < 1.29 is 19.0 Å². The lowest BCUT2D eigenvalue weighted by atomic mass is 9.45. The summed E-state index contributed by atoms with van der Waals surface area (Å²) in [4.78, 5) is 12.8. The number of esters is 1. The van der Waals surface area contributed by atoms with Gasteiger partial charge in [-0.3, -0.25) is 0 Å². The van der Waals surface area contributed by atoms with Gasteiger partial charge in [0.15, 0.2) is 5.79 Å². The first-order valence-corrected chi connectivity index (χ1v) is 13.0. The standard InChI is InChI=1S/C28H38O4/c1-26-14-15-28(30-16-17-31-28)18-20(26)8-9-21-22-10-11-24(27(22,2)13-12-23(21)26)32-25(29)19-6-4-3-5-7-19/h3-7,20-24H,8-18H2,1-2H3/t20-,21+,22+,23+,24-,26-,27-/m0/s1. The second kappa shape index (κ2) is 7.56. The highest BCUT2D eigenvalue weighted by molar-refractivity contribution is 5.89. The third kappa shape index (κ3) is 3.12. The first-order valence-electron chi connectivity index (χ1n) is 13.0. The Balaban J connectivity index is 1.19. The molecule has 4 aliphatic carbocycles. The lowest BCUT2D eigenvalue weighted by Crippen LogP contribution is -2.56. The van der Waals surface area contributed by atoms with E-state index >= 15 is 0 Å². The second-order valence-corrected chi connectivity index (χ2v) is 11.9. The molecule has 7 atom stereocenters. The molecule has 1 aromatic rings. The fraction of sp³-hybridized carbons (Fsp3) is 0.750. The van der Waals surface area contributed by atoms with E-state index < -0.39 is 0 Å². The topological polar surface area (TPSA) is 44.8 Å². The molecule has 0 unspecified atom stereocenters. The van der Waals surface area contributed by atoms with Gasteiger partial charge in [-0.05, 0) is 86.2 Å². The summed E-state index contributed by atoms with van der Waals surface area (Å²) in [5, 5.41) is 0. The number of benzene rings is 1. The quantitative estimate of drug-likeness (QED) is 0.532. The average Bonchev–Trinajstić information content (AvgIpc) is 3.39. The van der Waals surface area contributed by atoms with E-state index in [1.165, 1.54) is 38.5 Å². The van der Waals surface area contributed by atoms with E-state index in [-0.39, 0.29) is 23.3 Å². The molecular weight excluding hydrogens is 400 g/mol. The monoisotopic (exact) mass is 438 g/mol. The van der Waals surface area contributed by atoms with Crippen molar-refractivity contribution in [3.05, 3.63) is 35.9 Å². The van der Waals surface area contributed by atoms with Crippen molar-refractivity contribution in [1.82, 2.24) is 0 Å². The molecule has 1 saturated heterocycles. The molecule has 0 amide bonds. The van der Waals surface area contributed by atoms with Crippen LogP contribution in [0.15, 0.2) is 30.3 Å². The highest BCUT2D eigenvalue weighted by Gasteiger charge is 2.62. The van der Waals surface area contributed by atoms with E-state index in [1.807, 2.05) is 30.3 Å². The molecule has 1 aliphatic heterocycles. The SMILES string of the molecule is C[C@]12CCC3(C[C@@H]1CC[C@H]1[C@H]2CC[C@]2(C)[C@@H](OC(=O)c4ccccc4)CC[C@H]12)OCCO3. The Hall–Kier alpha value is -1.39. The zero-order valence-corrected chi connectivity index (χ0v) is 19.7. The normalized spacial score (nSPS) is 44.5. The van der Waals surface area contributed by atoms with Crippen LogP contribution in [0.25, 0.3) is 0 Å². The molecule has 0 N–H and O–H groups in total. The smallest absolute Gasteiger partial charge is 0.338 e. The predicted octanol–water partition coefficient (Wildman–Crippen LogP) is 6.00. The van der Waals surface area contributed by atoms with E-state index in [0.717, 1.165) is 44.3 Å². The first-order chi connectivity index (χ1) is 15.4. The van der Waals surface area contributed by atoms with Crippen molar-refractivity contribution in [2.75, 3.05) is 13.2 Å². The lowest BCUT2D eigenvalue weighted by molar-refractivity contribution is -0.230. The predicted molar refractivity (Wildman–Crippen MR) is 122 cm³/mol. The van der Waals surface area contributed by atoms with Gasteiger partial charge < -0.3 is 14.2 Å². The van der Waals surface area contributed by atoms with Crippen LogP contribution in [0, 0.1) is 34.5 Å². The summed E-state index contributed by atoms with van der Waals surface area (Å²) in [7, 11) is 0. The highest BCUT2D eigenvalue weighted by Crippen LogP contribution is 2.67. The van der Waals surface area contributed by atoms with Gasteiger partial charge in [-0.15, -0.1) is 0 Å². The van der Waals surface area contributed by atoms with Gasteiger partial charge in [0.25, 0.3) is 0 Å². The van der Waals surface area contributed by atoms with E-state index in [0.29, 0.717) is 22.8 Å². The molecule has 5 aliphatic rings. The maximum Gasteiger partial charge on any atom is 0.338 e. The van der Waals surface area contributed by atoms with Crippen molar-refractivity contribution in [3.8, 4) is 0 Å². The van der Waals surface area contributed by atoms with Gasteiger partial charge in [0, 0.05) is 18.3 Å². The summed E-state index contributed by atoms with van der Waals surface area (Å²) < 4.78 is 18.4. The van der Waals surface area contributed by atoms with Crippen LogP contribution in [0.3, 0.4) is 0 Å². The summed E-state index contributed by atoms with van der Waals surface area (Å²) in [6.45, 7) is 6.53. The van der Waals surface area contributed by atoms with Crippen LogP contribution in [0.5, 0.6) is 0 Å². The third-order valence-corrected chi connectivity index (χ3v) is 10.7. The number of ether oxygens (including phenoxy) is 3. The Morgan fingerprint density at radius 1 is 0.875 bits per heavy atom. The second-order valence-electron chi connectivity index (χ2n) is 11.9. The van der Waals surface area contributed by atoms with Crippen LogP contribution in [0.1, 0.15) is 82.0 Å². The van der Waals surface area contributed by atoms with Crippen molar-refractivity contribution in [2.45, 2.75) is 83.5 Å². The zero-order chi connectivity index (χ0) is 22.0. The summed E-state index contributed by atoms with van der Waals surface area (Å²) in [6.07, 6.45) is 10.7. The molecule has 1 heterocycles. The highest BCUT2D eigenvalue weighted by atomic mass is 16.7. The summed E-state index contributed by atoms with van der Waals surface area (Å²) in [5.74, 6) is 2.54.